The maximum atomic E-state index is 12.6. The van der Waals surface area contributed by atoms with Crippen LogP contribution in [0.25, 0.3) is 11.4 Å². The predicted octanol–water partition coefficient (Wildman–Crippen LogP) is 3.72. The minimum Gasteiger partial charge on any atom is -0.348 e. The molecular weight excluding hydrogens is 286 g/mol. The van der Waals surface area contributed by atoms with Gasteiger partial charge in [-0.05, 0) is 40.0 Å². The van der Waals surface area contributed by atoms with Gasteiger partial charge >= 0.3 is 0 Å². The molecule has 1 N–H and O–H groups in total. The lowest BCUT2D eigenvalue weighted by atomic mass is 10.1. The quantitative estimate of drug-likeness (QED) is 0.939. The van der Waals surface area contributed by atoms with E-state index in [2.05, 4.69) is 41.1 Å². The molecule has 0 spiro atoms. The minimum atomic E-state index is -0.0518. The summed E-state index contributed by atoms with van der Waals surface area (Å²) in [5.74, 6) is 0.875. The fourth-order valence-corrected chi connectivity index (χ4v) is 3.16. The van der Waals surface area contributed by atoms with Crippen molar-refractivity contribution >= 4 is 5.91 Å². The van der Waals surface area contributed by atoms with Crippen LogP contribution >= 0.6 is 0 Å². The second-order valence-corrected chi connectivity index (χ2v) is 6.69. The molecule has 23 heavy (non-hydrogen) atoms. The molecule has 1 aliphatic heterocycles. The third kappa shape index (κ3) is 3.31. The van der Waals surface area contributed by atoms with E-state index in [0.717, 1.165) is 42.9 Å². The number of nitrogens with zero attached hydrogens (tertiary/aromatic N) is 2. The molecule has 122 valence electrons. The van der Waals surface area contributed by atoms with E-state index >= 15 is 0 Å². The summed E-state index contributed by atoms with van der Waals surface area (Å²) in [7, 11) is 0. The van der Waals surface area contributed by atoms with Crippen LogP contribution in [-0.4, -0.2) is 21.5 Å². The van der Waals surface area contributed by atoms with E-state index in [9.17, 15) is 4.79 Å². The fraction of sp³-hybridized carbons (Fsp3) is 0.474. The van der Waals surface area contributed by atoms with Gasteiger partial charge in [0.25, 0.3) is 5.91 Å². The standard InChI is InChI=1S/C19H25N3O/c1-13(2)20-19(23)17-16-7-5-4-6-12-22(16)18(21-17)15-10-8-14(3)9-11-15/h8-11,13H,4-7,12H2,1-3H3,(H,20,23). The zero-order valence-corrected chi connectivity index (χ0v) is 14.2. The molecule has 0 fully saturated rings. The number of imidazole rings is 1. The van der Waals surface area contributed by atoms with Crippen LogP contribution in [0.3, 0.4) is 0 Å². The van der Waals surface area contributed by atoms with Gasteiger partial charge in [0.15, 0.2) is 0 Å². The van der Waals surface area contributed by atoms with Crippen LogP contribution in [0.15, 0.2) is 24.3 Å². The summed E-state index contributed by atoms with van der Waals surface area (Å²) < 4.78 is 2.26. The highest BCUT2D eigenvalue weighted by Gasteiger charge is 2.24. The van der Waals surface area contributed by atoms with Crippen molar-refractivity contribution in [2.45, 2.75) is 59.0 Å². The highest BCUT2D eigenvalue weighted by atomic mass is 16.2. The van der Waals surface area contributed by atoms with E-state index in [-0.39, 0.29) is 11.9 Å². The molecule has 1 aliphatic rings. The number of nitrogens with one attached hydrogen (secondary N) is 1. The number of fused-ring (bicyclic) bond motifs is 1. The molecule has 4 heteroatoms. The summed E-state index contributed by atoms with van der Waals surface area (Å²) in [5, 5.41) is 2.99. The predicted molar refractivity (Wildman–Crippen MR) is 92.6 cm³/mol. The van der Waals surface area contributed by atoms with Crippen molar-refractivity contribution in [3.8, 4) is 11.4 Å². The summed E-state index contributed by atoms with van der Waals surface area (Å²) >= 11 is 0. The summed E-state index contributed by atoms with van der Waals surface area (Å²) in [6.45, 7) is 6.99. The van der Waals surface area contributed by atoms with E-state index in [4.69, 9.17) is 4.98 Å². The van der Waals surface area contributed by atoms with Gasteiger partial charge in [-0.2, -0.15) is 0 Å². The van der Waals surface area contributed by atoms with Gasteiger partial charge < -0.3 is 9.88 Å². The van der Waals surface area contributed by atoms with Gasteiger partial charge in [-0.25, -0.2) is 4.98 Å². The summed E-state index contributed by atoms with van der Waals surface area (Å²) in [5.41, 5.74) is 4.02. The molecule has 4 nitrogen and oxygen atoms in total. The number of benzene rings is 1. The summed E-state index contributed by atoms with van der Waals surface area (Å²) in [6.07, 6.45) is 4.41. The van der Waals surface area contributed by atoms with E-state index in [1.807, 2.05) is 13.8 Å². The zero-order chi connectivity index (χ0) is 16.4. The van der Waals surface area contributed by atoms with Gasteiger partial charge in [-0.1, -0.05) is 36.2 Å². The summed E-state index contributed by atoms with van der Waals surface area (Å²) in [4.78, 5) is 17.3. The number of hydrogen-bond acceptors (Lipinski definition) is 2. The first-order chi connectivity index (χ1) is 11.1. The van der Waals surface area contributed by atoms with Crippen LogP contribution in [0.5, 0.6) is 0 Å². The number of amides is 1. The SMILES string of the molecule is Cc1ccc(-c2nc(C(=O)NC(C)C)c3n2CCCCC3)cc1. The van der Waals surface area contributed by atoms with E-state index in [1.54, 1.807) is 0 Å². The largest absolute Gasteiger partial charge is 0.348 e. The number of carbonyl (C=O) groups is 1. The van der Waals surface area contributed by atoms with Crippen LogP contribution in [0.1, 0.15) is 54.9 Å². The van der Waals surface area contributed by atoms with Crippen LogP contribution in [-0.2, 0) is 13.0 Å². The molecule has 0 bridgehead atoms. The van der Waals surface area contributed by atoms with Crippen LogP contribution in [0.4, 0.5) is 0 Å². The topological polar surface area (TPSA) is 46.9 Å². The first-order valence-corrected chi connectivity index (χ1v) is 8.53. The number of aromatic nitrogens is 2. The lowest BCUT2D eigenvalue weighted by molar-refractivity contribution is 0.0937. The Kier molecular flexibility index (Phi) is 4.51. The molecule has 1 aromatic carbocycles. The molecule has 0 atom stereocenters. The van der Waals surface area contributed by atoms with Crippen LogP contribution < -0.4 is 5.32 Å². The zero-order valence-electron chi connectivity index (χ0n) is 14.2. The van der Waals surface area contributed by atoms with Crippen LogP contribution in [0, 0.1) is 6.92 Å². The molecule has 0 radical (unpaired) electrons. The first-order valence-electron chi connectivity index (χ1n) is 8.53. The maximum Gasteiger partial charge on any atom is 0.271 e. The van der Waals surface area contributed by atoms with Crippen molar-refractivity contribution < 1.29 is 4.79 Å². The molecule has 3 rings (SSSR count). The Labute approximate surface area is 137 Å². The Morgan fingerprint density at radius 3 is 2.61 bits per heavy atom. The van der Waals surface area contributed by atoms with E-state index in [0.29, 0.717) is 5.69 Å². The smallest absolute Gasteiger partial charge is 0.271 e. The van der Waals surface area contributed by atoms with Crippen molar-refractivity contribution in [1.82, 2.24) is 14.9 Å². The molecular formula is C19H25N3O. The van der Waals surface area contributed by atoms with Crippen molar-refractivity contribution in [2.24, 2.45) is 0 Å². The number of aryl methyl sites for hydroxylation is 1. The first kappa shape index (κ1) is 15.8. The van der Waals surface area contributed by atoms with Gasteiger partial charge in [0.1, 0.15) is 11.5 Å². The molecule has 2 heterocycles. The number of carbonyl (C=O) groups excluding carboxylic acids is 1. The number of hydrogen-bond donors (Lipinski definition) is 1. The van der Waals surface area contributed by atoms with E-state index < -0.39 is 0 Å². The molecule has 0 saturated carbocycles. The fourth-order valence-electron chi connectivity index (χ4n) is 3.16. The highest BCUT2D eigenvalue weighted by molar-refractivity contribution is 5.94. The van der Waals surface area contributed by atoms with Gasteiger partial charge in [0, 0.05) is 18.2 Å². The van der Waals surface area contributed by atoms with Gasteiger partial charge in [0.05, 0.1) is 5.69 Å². The molecule has 0 aliphatic carbocycles. The Morgan fingerprint density at radius 2 is 1.91 bits per heavy atom. The Morgan fingerprint density at radius 1 is 1.17 bits per heavy atom. The second-order valence-electron chi connectivity index (χ2n) is 6.69. The summed E-state index contributed by atoms with van der Waals surface area (Å²) in [6, 6.07) is 8.51. The lowest BCUT2D eigenvalue weighted by Gasteiger charge is -2.10. The van der Waals surface area contributed by atoms with Crippen molar-refractivity contribution in [2.75, 3.05) is 0 Å². The maximum absolute atomic E-state index is 12.6. The molecule has 1 aromatic heterocycles. The average Bonchev–Trinajstić information content (AvgIpc) is 2.70. The Bertz CT molecular complexity index is 698. The Hall–Kier alpha value is -2.10. The second kappa shape index (κ2) is 6.57. The highest BCUT2D eigenvalue weighted by Crippen LogP contribution is 2.27. The average molecular weight is 311 g/mol. The third-order valence-electron chi connectivity index (χ3n) is 4.31. The van der Waals surface area contributed by atoms with Crippen molar-refractivity contribution in [1.29, 1.82) is 0 Å². The van der Waals surface area contributed by atoms with E-state index in [1.165, 1.54) is 12.0 Å². The Balaban J connectivity index is 2.07. The number of rotatable bonds is 3. The van der Waals surface area contributed by atoms with Gasteiger partial charge in [-0.15, -0.1) is 0 Å². The van der Waals surface area contributed by atoms with Gasteiger partial charge in [-0.3, -0.25) is 4.79 Å². The normalized spacial score (nSPS) is 14.4. The van der Waals surface area contributed by atoms with Gasteiger partial charge in [0.2, 0.25) is 0 Å². The van der Waals surface area contributed by atoms with Crippen LogP contribution in [0.2, 0.25) is 0 Å². The monoisotopic (exact) mass is 311 g/mol. The lowest BCUT2D eigenvalue weighted by Crippen LogP contribution is -2.31. The molecule has 0 unspecified atom stereocenters. The van der Waals surface area contributed by atoms with Crippen molar-refractivity contribution in [3.05, 3.63) is 41.2 Å². The minimum absolute atomic E-state index is 0.0518. The molecule has 0 saturated heterocycles. The third-order valence-corrected chi connectivity index (χ3v) is 4.31. The molecule has 1 amide bonds. The van der Waals surface area contributed by atoms with Crippen molar-refractivity contribution in [3.63, 3.8) is 0 Å². The molecule has 2 aromatic rings.